The molecule has 6 heteroatoms. The number of nitrogens with zero attached hydrogens (tertiary/aromatic N) is 1. The van der Waals surface area contributed by atoms with Crippen LogP contribution in [0.5, 0.6) is 0 Å². The maximum Gasteiger partial charge on any atom is 0.498 e. The maximum atomic E-state index is 6.52. The van der Waals surface area contributed by atoms with E-state index in [1.807, 2.05) is 54.6 Å². The summed E-state index contributed by atoms with van der Waals surface area (Å²) in [6.07, 6.45) is 0. The van der Waals surface area contributed by atoms with Crippen molar-refractivity contribution in [1.29, 1.82) is 0 Å². The molecule has 3 heterocycles. The molecule has 1 aliphatic rings. The molecule has 35 heavy (non-hydrogen) atoms. The van der Waals surface area contributed by atoms with E-state index < -0.39 is 18.3 Å². The van der Waals surface area contributed by atoms with Crippen molar-refractivity contribution in [3.8, 4) is 11.5 Å². The summed E-state index contributed by atoms with van der Waals surface area (Å²) in [5, 5.41) is 4.09. The molecule has 0 spiro atoms. The Bertz CT molecular complexity index is 1750. The van der Waals surface area contributed by atoms with Crippen LogP contribution < -0.4 is 5.46 Å². The van der Waals surface area contributed by atoms with Gasteiger partial charge in [-0.2, -0.15) is 0 Å². The number of rotatable bonds is 2. The van der Waals surface area contributed by atoms with Gasteiger partial charge in [0.2, 0.25) is 5.89 Å². The van der Waals surface area contributed by atoms with Crippen molar-refractivity contribution >= 4 is 56.4 Å². The van der Waals surface area contributed by atoms with Gasteiger partial charge in [-0.25, -0.2) is 4.98 Å². The first-order valence-electron chi connectivity index (χ1n) is 11.9. The number of fused-ring (bicyclic) bond motifs is 7. The maximum absolute atomic E-state index is 6.52. The molecule has 0 bridgehead atoms. The minimum atomic E-state index is -0.544. The van der Waals surface area contributed by atoms with Gasteiger partial charge in [0.15, 0.2) is 5.58 Å². The van der Waals surface area contributed by atoms with E-state index in [0.29, 0.717) is 5.89 Å². The van der Waals surface area contributed by atoms with Crippen molar-refractivity contribution in [3.63, 3.8) is 0 Å². The van der Waals surface area contributed by atoms with Gasteiger partial charge in [0.05, 0.1) is 16.6 Å². The first-order valence-corrected chi connectivity index (χ1v) is 11.9. The SMILES string of the molecule is CC1(C)OB(c2cc3ccccc3c3c2oc2ccc4nc(-c5ccccc5)oc4c23)OC1(C)C. The number of hydrogen-bond donors (Lipinski definition) is 0. The van der Waals surface area contributed by atoms with Crippen LogP contribution in [0.3, 0.4) is 0 Å². The largest absolute Gasteiger partial charge is 0.498 e. The lowest BCUT2D eigenvalue weighted by Crippen LogP contribution is -2.41. The van der Waals surface area contributed by atoms with Crippen LogP contribution in [-0.2, 0) is 9.31 Å². The Hall–Kier alpha value is -3.61. The van der Waals surface area contributed by atoms with Crippen molar-refractivity contribution in [3.05, 3.63) is 72.8 Å². The summed E-state index contributed by atoms with van der Waals surface area (Å²) in [5.74, 6) is 0.592. The van der Waals surface area contributed by atoms with E-state index in [4.69, 9.17) is 23.1 Å². The molecule has 1 fully saturated rings. The van der Waals surface area contributed by atoms with Crippen molar-refractivity contribution in [1.82, 2.24) is 4.98 Å². The lowest BCUT2D eigenvalue weighted by molar-refractivity contribution is 0.00578. The minimum Gasteiger partial charge on any atom is -0.456 e. The van der Waals surface area contributed by atoms with E-state index in [1.54, 1.807) is 0 Å². The molecule has 0 unspecified atom stereocenters. The van der Waals surface area contributed by atoms with Gasteiger partial charge < -0.3 is 18.1 Å². The van der Waals surface area contributed by atoms with Gasteiger partial charge in [0.25, 0.3) is 0 Å². The third-order valence-corrected chi connectivity index (χ3v) is 7.54. The normalized spacial score (nSPS) is 17.3. The highest BCUT2D eigenvalue weighted by molar-refractivity contribution is 6.66. The molecule has 1 saturated heterocycles. The molecular formula is C29H24BNO4. The average molecular weight is 461 g/mol. The Morgan fingerprint density at radius 3 is 2.20 bits per heavy atom. The van der Waals surface area contributed by atoms with Gasteiger partial charge in [-0.15, -0.1) is 0 Å². The molecule has 0 radical (unpaired) electrons. The minimum absolute atomic E-state index is 0.454. The summed E-state index contributed by atoms with van der Waals surface area (Å²) in [4.78, 5) is 4.78. The molecular weight excluding hydrogens is 437 g/mol. The van der Waals surface area contributed by atoms with Crippen LogP contribution >= 0.6 is 0 Å². The summed E-state index contributed by atoms with van der Waals surface area (Å²) in [5.41, 5.74) is 3.92. The average Bonchev–Trinajstić information content (AvgIpc) is 3.50. The zero-order valence-electron chi connectivity index (χ0n) is 20.1. The Kier molecular flexibility index (Phi) is 4.13. The highest BCUT2D eigenvalue weighted by Crippen LogP contribution is 2.42. The predicted octanol–water partition coefficient (Wildman–Crippen LogP) is 6.85. The summed E-state index contributed by atoms with van der Waals surface area (Å²) >= 11 is 0. The predicted molar refractivity (Wildman–Crippen MR) is 140 cm³/mol. The molecule has 5 nitrogen and oxygen atoms in total. The van der Waals surface area contributed by atoms with Gasteiger partial charge in [-0.1, -0.05) is 48.5 Å². The number of oxazole rings is 1. The summed E-state index contributed by atoms with van der Waals surface area (Å²) in [6.45, 7) is 8.25. The Morgan fingerprint density at radius 2 is 1.43 bits per heavy atom. The third-order valence-electron chi connectivity index (χ3n) is 7.54. The van der Waals surface area contributed by atoms with Gasteiger partial charge >= 0.3 is 7.12 Å². The van der Waals surface area contributed by atoms with Gasteiger partial charge in [0.1, 0.15) is 16.7 Å². The fourth-order valence-corrected chi connectivity index (χ4v) is 4.96. The molecule has 1 aliphatic heterocycles. The van der Waals surface area contributed by atoms with E-state index >= 15 is 0 Å². The molecule has 0 aliphatic carbocycles. The topological polar surface area (TPSA) is 57.6 Å². The summed E-state index contributed by atoms with van der Waals surface area (Å²) < 4.78 is 25.8. The lowest BCUT2D eigenvalue weighted by atomic mass is 9.76. The molecule has 0 N–H and O–H groups in total. The van der Waals surface area contributed by atoms with Crippen LogP contribution in [-0.4, -0.2) is 23.3 Å². The van der Waals surface area contributed by atoms with Crippen LogP contribution in [0.2, 0.25) is 0 Å². The highest BCUT2D eigenvalue weighted by atomic mass is 16.7. The second kappa shape index (κ2) is 6.97. The van der Waals surface area contributed by atoms with Crippen molar-refractivity contribution in [2.24, 2.45) is 0 Å². The second-order valence-electron chi connectivity index (χ2n) is 10.3. The standard InChI is InChI=1S/C29H24BNO4/c1-28(2)29(3,4)35-30(34-28)20-16-18-12-8-9-13-19(18)23-24-22(32-25(20)23)15-14-21-26(24)33-27(31-21)17-10-6-5-7-11-17/h5-16H,1-4H3. The van der Waals surface area contributed by atoms with Crippen LogP contribution in [0, 0.1) is 0 Å². The first kappa shape index (κ1) is 20.7. The van der Waals surface area contributed by atoms with Crippen LogP contribution in [0.15, 0.2) is 81.6 Å². The molecule has 7 rings (SSSR count). The third kappa shape index (κ3) is 2.93. The van der Waals surface area contributed by atoms with Crippen LogP contribution in [0.1, 0.15) is 27.7 Å². The van der Waals surface area contributed by atoms with Crippen molar-refractivity contribution in [2.75, 3.05) is 0 Å². The Balaban J connectivity index is 1.56. The fourth-order valence-electron chi connectivity index (χ4n) is 4.96. The first-order chi connectivity index (χ1) is 16.8. The molecule has 2 aromatic heterocycles. The number of benzene rings is 4. The molecule has 0 saturated carbocycles. The fraction of sp³-hybridized carbons (Fsp3) is 0.207. The van der Waals surface area contributed by atoms with Crippen molar-refractivity contribution < 1.29 is 18.1 Å². The van der Waals surface area contributed by atoms with E-state index in [-0.39, 0.29) is 0 Å². The summed E-state index contributed by atoms with van der Waals surface area (Å²) in [7, 11) is -0.544. The molecule has 0 atom stereocenters. The number of furan rings is 1. The van der Waals surface area contributed by atoms with E-state index in [0.717, 1.165) is 54.8 Å². The van der Waals surface area contributed by atoms with Crippen LogP contribution in [0.25, 0.3) is 55.3 Å². The summed E-state index contributed by atoms with van der Waals surface area (Å²) in [6, 6.07) is 24.3. The van der Waals surface area contributed by atoms with Crippen molar-refractivity contribution in [2.45, 2.75) is 38.9 Å². The highest BCUT2D eigenvalue weighted by Gasteiger charge is 2.52. The molecule has 0 amide bonds. The number of aromatic nitrogens is 1. The molecule has 4 aromatic carbocycles. The Morgan fingerprint density at radius 1 is 0.714 bits per heavy atom. The molecule has 6 aromatic rings. The van der Waals surface area contributed by atoms with Crippen LogP contribution in [0.4, 0.5) is 0 Å². The van der Waals surface area contributed by atoms with E-state index in [9.17, 15) is 0 Å². The van der Waals surface area contributed by atoms with Gasteiger partial charge in [0, 0.05) is 16.4 Å². The number of hydrogen-bond acceptors (Lipinski definition) is 5. The van der Waals surface area contributed by atoms with Gasteiger partial charge in [-0.3, -0.25) is 0 Å². The van der Waals surface area contributed by atoms with E-state index in [1.165, 1.54) is 0 Å². The smallest absolute Gasteiger partial charge is 0.456 e. The van der Waals surface area contributed by atoms with E-state index in [2.05, 4.69) is 45.9 Å². The molecule has 172 valence electrons. The lowest BCUT2D eigenvalue weighted by Gasteiger charge is -2.32. The zero-order valence-corrected chi connectivity index (χ0v) is 20.1. The Labute approximate surface area is 202 Å². The monoisotopic (exact) mass is 461 g/mol. The van der Waals surface area contributed by atoms with Gasteiger partial charge in [-0.05, 0) is 62.7 Å². The zero-order chi connectivity index (χ0) is 23.9. The second-order valence-corrected chi connectivity index (χ2v) is 10.3. The quantitative estimate of drug-likeness (QED) is 0.264.